The molecular formula is C8H14F3NO. The highest BCUT2D eigenvalue weighted by Crippen LogP contribution is 2.30. The van der Waals surface area contributed by atoms with Gasteiger partial charge in [0.2, 0.25) is 0 Å². The van der Waals surface area contributed by atoms with Crippen LogP contribution < -0.4 is 5.32 Å². The van der Waals surface area contributed by atoms with Crippen molar-refractivity contribution in [2.75, 3.05) is 20.3 Å². The van der Waals surface area contributed by atoms with Crippen LogP contribution in [0.4, 0.5) is 13.2 Å². The summed E-state index contributed by atoms with van der Waals surface area (Å²) in [4.78, 5) is 0. The maximum atomic E-state index is 12.4. The van der Waals surface area contributed by atoms with E-state index in [0.717, 1.165) is 0 Å². The number of alkyl halides is 3. The summed E-state index contributed by atoms with van der Waals surface area (Å²) in [6, 6.07) is -1.38. The van der Waals surface area contributed by atoms with Gasteiger partial charge in [-0.3, -0.25) is 0 Å². The summed E-state index contributed by atoms with van der Waals surface area (Å²) in [6.45, 7) is 0.887. The van der Waals surface area contributed by atoms with Crippen molar-refractivity contribution >= 4 is 0 Å². The zero-order valence-electron chi connectivity index (χ0n) is 7.53. The molecule has 0 aromatic carbocycles. The van der Waals surface area contributed by atoms with Gasteiger partial charge in [0.05, 0.1) is 0 Å². The summed E-state index contributed by atoms with van der Waals surface area (Å²) < 4.78 is 42.2. The van der Waals surface area contributed by atoms with Gasteiger partial charge in [-0.2, -0.15) is 13.2 Å². The average molecular weight is 197 g/mol. The van der Waals surface area contributed by atoms with E-state index in [4.69, 9.17) is 4.74 Å². The molecule has 0 aliphatic carbocycles. The third-order valence-corrected chi connectivity index (χ3v) is 2.40. The largest absolute Gasteiger partial charge is 0.404 e. The molecule has 13 heavy (non-hydrogen) atoms. The topological polar surface area (TPSA) is 21.3 Å². The van der Waals surface area contributed by atoms with E-state index in [1.165, 1.54) is 7.05 Å². The van der Waals surface area contributed by atoms with Crippen LogP contribution >= 0.6 is 0 Å². The molecule has 0 saturated carbocycles. The Morgan fingerprint density at radius 3 is 2.23 bits per heavy atom. The minimum Gasteiger partial charge on any atom is -0.381 e. The summed E-state index contributed by atoms with van der Waals surface area (Å²) in [7, 11) is 1.35. The SMILES string of the molecule is CNC(C1CCOCC1)C(F)(F)F. The first-order chi connectivity index (χ1) is 6.05. The Labute approximate surface area is 75.4 Å². The average Bonchev–Trinajstić information content (AvgIpc) is 2.05. The highest BCUT2D eigenvalue weighted by molar-refractivity contribution is 4.83. The zero-order valence-corrected chi connectivity index (χ0v) is 7.53. The third kappa shape index (κ3) is 2.84. The molecule has 0 aromatic rings. The fraction of sp³-hybridized carbons (Fsp3) is 1.00. The van der Waals surface area contributed by atoms with Crippen molar-refractivity contribution in [3.63, 3.8) is 0 Å². The van der Waals surface area contributed by atoms with Gasteiger partial charge in [0.1, 0.15) is 6.04 Å². The van der Waals surface area contributed by atoms with Crippen molar-refractivity contribution in [3.8, 4) is 0 Å². The normalized spacial score (nSPS) is 23.1. The minimum atomic E-state index is -4.14. The van der Waals surface area contributed by atoms with E-state index in [0.29, 0.717) is 26.1 Å². The first-order valence-corrected chi connectivity index (χ1v) is 4.37. The first-order valence-electron chi connectivity index (χ1n) is 4.37. The maximum Gasteiger partial charge on any atom is 0.404 e. The van der Waals surface area contributed by atoms with E-state index in [9.17, 15) is 13.2 Å². The Bertz CT molecular complexity index is 154. The number of rotatable bonds is 2. The molecule has 1 unspecified atom stereocenters. The fourth-order valence-electron chi connectivity index (χ4n) is 1.72. The zero-order chi connectivity index (χ0) is 9.90. The van der Waals surface area contributed by atoms with Gasteiger partial charge in [-0.1, -0.05) is 0 Å². The van der Waals surface area contributed by atoms with Gasteiger partial charge in [0.15, 0.2) is 0 Å². The van der Waals surface area contributed by atoms with Crippen molar-refractivity contribution in [2.45, 2.75) is 25.1 Å². The molecule has 1 N–H and O–H groups in total. The summed E-state index contributed by atoms with van der Waals surface area (Å²) >= 11 is 0. The summed E-state index contributed by atoms with van der Waals surface area (Å²) in [5.74, 6) is -0.334. The Morgan fingerprint density at radius 2 is 1.85 bits per heavy atom. The lowest BCUT2D eigenvalue weighted by Gasteiger charge is -2.31. The molecule has 5 heteroatoms. The van der Waals surface area contributed by atoms with Gasteiger partial charge < -0.3 is 10.1 Å². The van der Waals surface area contributed by atoms with Gasteiger partial charge in [-0.25, -0.2) is 0 Å². The third-order valence-electron chi connectivity index (χ3n) is 2.40. The van der Waals surface area contributed by atoms with Crippen LogP contribution in [0, 0.1) is 5.92 Å². The molecule has 1 rings (SSSR count). The summed E-state index contributed by atoms with van der Waals surface area (Å²) in [6.07, 6.45) is -3.16. The number of ether oxygens (including phenoxy) is 1. The fourth-order valence-corrected chi connectivity index (χ4v) is 1.72. The van der Waals surface area contributed by atoms with Crippen LogP contribution in [0.3, 0.4) is 0 Å². The predicted octanol–water partition coefficient (Wildman–Crippen LogP) is 1.56. The molecule has 1 atom stereocenters. The van der Waals surface area contributed by atoms with E-state index in [1.54, 1.807) is 0 Å². The Morgan fingerprint density at radius 1 is 1.31 bits per heavy atom. The van der Waals surface area contributed by atoms with Gasteiger partial charge in [-0.15, -0.1) is 0 Å². The molecule has 0 aromatic heterocycles. The van der Waals surface area contributed by atoms with Gasteiger partial charge in [-0.05, 0) is 25.8 Å². The smallest absolute Gasteiger partial charge is 0.381 e. The van der Waals surface area contributed by atoms with Gasteiger partial charge in [0.25, 0.3) is 0 Å². The molecule has 1 aliphatic rings. The Hall–Kier alpha value is -0.290. The second kappa shape index (κ2) is 4.28. The number of hydrogen-bond donors (Lipinski definition) is 1. The molecular weight excluding hydrogens is 183 g/mol. The molecule has 2 nitrogen and oxygen atoms in total. The lowest BCUT2D eigenvalue weighted by Crippen LogP contribution is -2.47. The summed E-state index contributed by atoms with van der Waals surface area (Å²) in [5.41, 5.74) is 0. The first kappa shape index (κ1) is 10.8. The van der Waals surface area contributed by atoms with E-state index < -0.39 is 12.2 Å². The molecule has 1 fully saturated rings. The van der Waals surface area contributed by atoms with Crippen LogP contribution in [0.15, 0.2) is 0 Å². The molecule has 0 spiro atoms. The molecule has 78 valence electrons. The van der Waals surface area contributed by atoms with Crippen LogP contribution in [0.25, 0.3) is 0 Å². The Kier molecular flexibility index (Phi) is 3.55. The number of nitrogens with one attached hydrogen (secondary N) is 1. The predicted molar refractivity (Wildman–Crippen MR) is 42.4 cm³/mol. The minimum absolute atomic E-state index is 0.334. The monoisotopic (exact) mass is 197 g/mol. The standard InChI is InChI=1S/C8H14F3NO/c1-12-7(8(9,10)11)6-2-4-13-5-3-6/h6-7,12H,2-5H2,1H3. The molecule has 1 saturated heterocycles. The molecule has 0 amide bonds. The Balaban J connectivity index is 2.54. The van der Waals surface area contributed by atoms with E-state index in [1.807, 2.05) is 0 Å². The number of halogens is 3. The molecule has 0 bridgehead atoms. The highest BCUT2D eigenvalue weighted by Gasteiger charge is 2.43. The maximum absolute atomic E-state index is 12.4. The van der Waals surface area contributed by atoms with Gasteiger partial charge >= 0.3 is 6.18 Å². The van der Waals surface area contributed by atoms with Crippen LogP contribution in [0.5, 0.6) is 0 Å². The molecule has 0 radical (unpaired) electrons. The van der Waals surface area contributed by atoms with Gasteiger partial charge in [0, 0.05) is 13.2 Å². The lowest BCUT2D eigenvalue weighted by atomic mass is 9.91. The second-order valence-corrected chi connectivity index (χ2v) is 3.26. The number of hydrogen-bond acceptors (Lipinski definition) is 2. The second-order valence-electron chi connectivity index (χ2n) is 3.26. The van der Waals surface area contributed by atoms with Crippen LogP contribution in [0.1, 0.15) is 12.8 Å². The van der Waals surface area contributed by atoms with Crippen LogP contribution in [0.2, 0.25) is 0 Å². The van der Waals surface area contributed by atoms with Crippen molar-refractivity contribution in [1.82, 2.24) is 5.32 Å². The van der Waals surface area contributed by atoms with E-state index in [2.05, 4.69) is 5.32 Å². The van der Waals surface area contributed by atoms with Crippen LogP contribution in [-0.4, -0.2) is 32.5 Å². The summed E-state index contributed by atoms with van der Waals surface area (Å²) in [5, 5.41) is 2.33. The van der Waals surface area contributed by atoms with E-state index in [-0.39, 0.29) is 5.92 Å². The quantitative estimate of drug-likeness (QED) is 0.725. The molecule has 1 aliphatic heterocycles. The van der Waals surface area contributed by atoms with Crippen LogP contribution in [-0.2, 0) is 4.74 Å². The highest BCUT2D eigenvalue weighted by atomic mass is 19.4. The van der Waals surface area contributed by atoms with Crippen molar-refractivity contribution in [3.05, 3.63) is 0 Å². The van der Waals surface area contributed by atoms with E-state index >= 15 is 0 Å². The van der Waals surface area contributed by atoms with Crippen molar-refractivity contribution < 1.29 is 17.9 Å². The lowest BCUT2D eigenvalue weighted by molar-refractivity contribution is -0.172. The molecule has 1 heterocycles. The van der Waals surface area contributed by atoms with Crippen molar-refractivity contribution in [1.29, 1.82) is 0 Å². The van der Waals surface area contributed by atoms with Crippen molar-refractivity contribution in [2.24, 2.45) is 5.92 Å².